The smallest absolute Gasteiger partial charge is 0.248 e. The summed E-state index contributed by atoms with van der Waals surface area (Å²) >= 11 is 11.8. The van der Waals surface area contributed by atoms with E-state index < -0.39 is 5.82 Å². The molecule has 0 atom stereocenters. The van der Waals surface area contributed by atoms with E-state index in [0.29, 0.717) is 29.0 Å². The maximum absolute atomic E-state index is 14.2. The normalized spacial score (nSPS) is 11.4. The number of anilines is 3. The van der Waals surface area contributed by atoms with Crippen LogP contribution in [-0.4, -0.2) is 41.4 Å². The van der Waals surface area contributed by atoms with Gasteiger partial charge in [0, 0.05) is 23.7 Å². The zero-order valence-corrected chi connectivity index (χ0v) is 17.2. The van der Waals surface area contributed by atoms with E-state index in [1.807, 2.05) is 19.0 Å². The molecule has 0 spiro atoms. The third-order valence-corrected chi connectivity index (χ3v) is 4.63. The third kappa shape index (κ3) is 5.41. The molecule has 9 heteroatoms. The highest BCUT2D eigenvalue weighted by atomic mass is 35.5. The van der Waals surface area contributed by atoms with Gasteiger partial charge in [-0.1, -0.05) is 29.3 Å². The molecule has 2 aromatic carbocycles. The molecule has 1 amide bonds. The maximum Gasteiger partial charge on any atom is 0.248 e. The molecule has 0 unspecified atom stereocenters. The van der Waals surface area contributed by atoms with E-state index >= 15 is 0 Å². The first-order valence-corrected chi connectivity index (χ1v) is 9.37. The van der Waals surface area contributed by atoms with Crippen LogP contribution in [0.3, 0.4) is 0 Å². The van der Waals surface area contributed by atoms with Crippen LogP contribution in [0.2, 0.25) is 10.0 Å². The van der Waals surface area contributed by atoms with E-state index in [0.717, 1.165) is 6.07 Å². The molecule has 150 valence electrons. The zero-order valence-electron chi connectivity index (χ0n) is 15.7. The van der Waals surface area contributed by atoms with Crippen LogP contribution in [-0.2, 0) is 4.79 Å². The highest BCUT2D eigenvalue weighted by Gasteiger charge is 2.11. The summed E-state index contributed by atoms with van der Waals surface area (Å²) < 4.78 is 14.2. The number of fused-ring (bicyclic) bond motifs is 1. The second-order valence-electron chi connectivity index (χ2n) is 6.48. The van der Waals surface area contributed by atoms with Crippen molar-refractivity contribution in [1.82, 2.24) is 14.9 Å². The topological polar surface area (TPSA) is 70.2 Å². The van der Waals surface area contributed by atoms with Gasteiger partial charge in [-0.3, -0.25) is 4.79 Å². The molecule has 29 heavy (non-hydrogen) atoms. The first kappa shape index (κ1) is 21.0. The number of rotatable bonds is 6. The molecule has 0 saturated carbocycles. The van der Waals surface area contributed by atoms with Crippen LogP contribution in [0.15, 0.2) is 48.8 Å². The highest BCUT2D eigenvalue weighted by Crippen LogP contribution is 2.31. The van der Waals surface area contributed by atoms with Crippen LogP contribution < -0.4 is 10.6 Å². The van der Waals surface area contributed by atoms with Crippen molar-refractivity contribution in [2.45, 2.75) is 0 Å². The van der Waals surface area contributed by atoms with E-state index in [-0.39, 0.29) is 21.6 Å². The Morgan fingerprint density at radius 1 is 1.17 bits per heavy atom. The van der Waals surface area contributed by atoms with E-state index in [2.05, 4.69) is 20.6 Å². The van der Waals surface area contributed by atoms with Crippen molar-refractivity contribution >= 4 is 57.2 Å². The quantitative estimate of drug-likeness (QED) is 0.429. The molecular weight excluding hydrogens is 415 g/mol. The van der Waals surface area contributed by atoms with Gasteiger partial charge in [0.1, 0.15) is 18.0 Å². The minimum atomic E-state index is -0.568. The van der Waals surface area contributed by atoms with Crippen molar-refractivity contribution in [3.63, 3.8) is 0 Å². The number of halogens is 3. The van der Waals surface area contributed by atoms with E-state index in [4.69, 9.17) is 23.2 Å². The molecule has 0 fully saturated rings. The average Bonchev–Trinajstić information content (AvgIpc) is 2.66. The molecule has 1 aromatic heterocycles. The molecule has 3 rings (SSSR count). The van der Waals surface area contributed by atoms with Crippen LogP contribution in [0.5, 0.6) is 0 Å². The van der Waals surface area contributed by atoms with Crippen molar-refractivity contribution in [2.75, 3.05) is 31.3 Å². The molecule has 1 heterocycles. The van der Waals surface area contributed by atoms with Gasteiger partial charge in [-0.15, -0.1) is 0 Å². The van der Waals surface area contributed by atoms with Gasteiger partial charge >= 0.3 is 0 Å². The lowest BCUT2D eigenvalue weighted by atomic mass is 10.2. The Balaban J connectivity index is 1.88. The molecule has 3 aromatic rings. The Bertz CT molecular complexity index is 1090. The Labute approximate surface area is 177 Å². The lowest BCUT2D eigenvalue weighted by molar-refractivity contribution is -0.111. The average molecular weight is 433 g/mol. The van der Waals surface area contributed by atoms with Crippen LogP contribution in [0.4, 0.5) is 21.6 Å². The maximum atomic E-state index is 14.2. The van der Waals surface area contributed by atoms with Crippen LogP contribution in [0.1, 0.15) is 0 Å². The monoisotopic (exact) mass is 432 g/mol. The summed E-state index contributed by atoms with van der Waals surface area (Å²) in [7, 11) is 3.83. The number of carbonyl (C=O) groups is 1. The fraction of sp³-hybridized carbons (Fsp3) is 0.150. The first-order chi connectivity index (χ1) is 13.8. The predicted octanol–water partition coefficient (Wildman–Crippen LogP) is 4.88. The van der Waals surface area contributed by atoms with Gasteiger partial charge in [-0.2, -0.15) is 0 Å². The SMILES string of the molecule is CN(C)C/C=C/C(=O)Nc1ccc2ncnc(Nc3cc(Cl)c(Cl)cc3[18F])c2c1. The van der Waals surface area contributed by atoms with Crippen molar-refractivity contribution in [3.8, 4) is 0 Å². The standard InChI is InChI=1S/C20H18Cl2FN5O/c1-28(2)7-3-4-19(29)26-12-5-6-17-13(8-12)20(25-11-24-17)27-18-10-15(22)14(21)9-16(18)23/h3-6,8-11H,7H2,1-2H3,(H,26,29)(H,24,25,27)/b4-3+/i23-1. The molecular formula is C20H18Cl2FN5O. The summed E-state index contributed by atoms with van der Waals surface area (Å²) in [5.74, 6) is -0.457. The Hall–Kier alpha value is -2.74. The van der Waals surface area contributed by atoms with Gasteiger partial charge in [-0.05, 0) is 44.4 Å². The van der Waals surface area contributed by atoms with Crippen molar-refractivity contribution in [2.24, 2.45) is 0 Å². The second-order valence-corrected chi connectivity index (χ2v) is 7.29. The predicted molar refractivity (Wildman–Crippen MR) is 116 cm³/mol. The lowest BCUT2D eigenvalue weighted by Crippen LogP contribution is -2.13. The van der Waals surface area contributed by atoms with Gasteiger partial charge in [0.15, 0.2) is 0 Å². The zero-order chi connectivity index (χ0) is 21.0. The van der Waals surface area contributed by atoms with Crippen molar-refractivity contribution in [1.29, 1.82) is 0 Å². The van der Waals surface area contributed by atoms with Gasteiger partial charge in [0.25, 0.3) is 0 Å². The fourth-order valence-electron chi connectivity index (χ4n) is 2.53. The summed E-state index contributed by atoms with van der Waals surface area (Å²) in [4.78, 5) is 22.4. The van der Waals surface area contributed by atoms with Crippen LogP contribution in [0.25, 0.3) is 10.9 Å². The Kier molecular flexibility index (Phi) is 6.64. The van der Waals surface area contributed by atoms with Crippen molar-refractivity contribution < 1.29 is 9.18 Å². The molecule has 0 radical (unpaired) electrons. The van der Waals surface area contributed by atoms with Gasteiger partial charge in [0.05, 0.1) is 21.2 Å². The largest absolute Gasteiger partial charge is 0.337 e. The number of amides is 1. The van der Waals surface area contributed by atoms with Crippen molar-refractivity contribution in [3.05, 3.63) is 64.7 Å². The number of aromatic nitrogens is 2. The minimum absolute atomic E-state index is 0.120. The fourth-order valence-corrected chi connectivity index (χ4v) is 2.85. The molecule has 0 aliphatic rings. The molecule has 0 bridgehead atoms. The van der Waals surface area contributed by atoms with Gasteiger partial charge in [-0.25, -0.2) is 14.4 Å². The van der Waals surface area contributed by atoms with Gasteiger partial charge in [0.2, 0.25) is 5.91 Å². The number of benzene rings is 2. The number of likely N-dealkylation sites (N-methyl/N-ethyl adjacent to an activating group) is 1. The molecule has 0 aliphatic heterocycles. The second kappa shape index (κ2) is 9.17. The van der Waals surface area contributed by atoms with Crippen LogP contribution in [0, 0.1) is 5.82 Å². The summed E-state index contributed by atoms with van der Waals surface area (Å²) in [5.41, 5.74) is 1.31. The number of hydrogen-bond donors (Lipinski definition) is 2. The summed E-state index contributed by atoms with van der Waals surface area (Å²) in [6.45, 7) is 0.655. The molecule has 6 nitrogen and oxygen atoms in total. The number of hydrogen-bond acceptors (Lipinski definition) is 5. The number of nitrogens with zero attached hydrogens (tertiary/aromatic N) is 3. The lowest BCUT2D eigenvalue weighted by Gasteiger charge is -2.11. The summed E-state index contributed by atoms with van der Waals surface area (Å²) in [5, 5.41) is 6.63. The number of nitrogens with one attached hydrogen (secondary N) is 2. The molecule has 0 saturated heterocycles. The van der Waals surface area contributed by atoms with E-state index in [1.54, 1.807) is 24.3 Å². The molecule has 0 aliphatic carbocycles. The van der Waals surface area contributed by atoms with Gasteiger partial charge < -0.3 is 15.5 Å². The summed E-state index contributed by atoms with van der Waals surface area (Å²) in [6.07, 6.45) is 4.60. The van der Waals surface area contributed by atoms with E-state index in [1.165, 1.54) is 18.5 Å². The Morgan fingerprint density at radius 2 is 1.93 bits per heavy atom. The highest BCUT2D eigenvalue weighted by molar-refractivity contribution is 6.42. The third-order valence-electron chi connectivity index (χ3n) is 3.91. The molecule has 2 N–H and O–H groups in total. The number of carbonyl (C=O) groups excluding carboxylic acids is 1. The minimum Gasteiger partial charge on any atom is -0.337 e. The first-order valence-electron chi connectivity index (χ1n) is 8.62. The summed E-state index contributed by atoms with van der Waals surface area (Å²) in [6, 6.07) is 7.70. The van der Waals surface area contributed by atoms with Crippen LogP contribution >= 0.6 is 23.2 Å². The Morgan fingerprint density at radius 3 is 2.69 bits per heavy atom. The van der Waals surface area contributed by atoms with E-state index in [9.17, 15) is 9.18 Å².